The Hall–Kier alpha value is -0.870. The van der Waals surface area contributed by atoms with E-state index in [4.69, 9.17) is 4.74 Å². The lowest BCUT2D eigenvalue weighted by Gasteiger charge is -2.04. The van der Waals surface area contributed by atoms with Crippen molar-refractivity contribution in [3.8, 4) is 0 Å². The molecule has 0 aliphatic carbocycles. The fraction of sp³-hybridized carbons (Fsp3) is 0.273. The van der Waals surface area contributed by atoms with Gasteiger partial charge in [-0.15, -0.1) is 0 Å². The van der Waals surface area contributed by atoms with Gasteiger partial charge in [0.1, 0.15) is 5.82 Å². The quantitative estimate of drug-likeness (QED) is 0.837. The first-order chi connectivity index (χ1) is 7.22. The molecule has 0 N–H and O–H groups in total. The number of nitrogens with zero attached hydrogens (tertiary/aromatic N) is 1. The molecule has 80 valence electrons. The molecule has 0 aliphatic rings. The topological polar surface area (TPSA) is 14.2 Å². The Morgan fingerprint density at radius 1 is 1.47 bits per heavy atom. The summed E-state index contributed by atoms with van der Waals surface area (Å²) in [6.07, 6.45) is 1.94. The molecule has 1 aromatic carbocycles. The lowest BCUT2D eigenvalue weighted by molar-refractivity contribution is 0.188. The Balaban J connectivity index is 2.45. The molecule has 0 saturated carbocycles. The van der Waals surface area contributed by atoms with Crippen LogP contribution in [-0.4, -0.2) is 18.3 Å². The highest BCUT2D eigenvalue weighted by Gasteiger charge is 2.05. The number of methoxy groups -OCH3 is 1. The molecule has 0 aliphatic heterocycles. The molecule has 0 spiro atoms. The highest BCUT2D eigenvalue weighted by Crippen LogP contribution is 2.24. The normalized spacial score (nSPS) is 11.1. The number of halogens is 2. The van der Waals surface area contributed by atoms with Crippen molar-refractivity contribution < 1.29 is 9.13 Å². The van der Waals surface area contributed by atoms with Gasteiger partial charge in [-0.2, -0.15) is 0 Å². The Morgan fingerprint density at radius 2 is 2.27 bits per heavy atom. The molecular weight excluding hydrogens is 261 g/mol. The molecule has 0 atom stereocenters. The summed E-state index contributed by atoms with van der Waals surface area (Å²) >= 11 is 3.17. The molecule has 2 nitrogen and oxygen atoms in total. The second kappa shape index (κ2) is 4.33. The van der Waals surface area contributed by atoms with E-state index in [-0.39, 0.29) is 5.82 Å². The van der Waals surface area contributed by atoms with E-state index in [1.54, 1.807) is 13.2 Å². The largest absolute Gasteiger partial charge is 0.383 e. The SMILES string of the molecule is COCCn1ccc2cc(Br)c(F)cc21. The van der Waals surface area contributed by atoms with Crippen molar-refractivity contribution >= 4 is 26.8 Å². The number of rotatable bonds is 3. The number of hydrogen-bond donors (Lipinski definition) is 0. The molecule has 0 radical (unpaired) electrons. The first-order valence-corrected chi connectivity index (χ1v) is 5.44. The Labute approximate surface area is 95.8 Å². The Kier molecular flexibility index (Phi) is 3.07. The monoisotopic (exact) mass is 271 g/mol. The van der Waals surface area contributed by atoms with Crippen molar-refractivity contribution in [2.45, 2.75) is 6.54 Å². The molecule has 0 amide bonds. The third kappa shape index (κ3) is 2.06. The molecule has 15 heavy (non-hydrogen) atoms. The molecule has 2 rings (SSSR count). The van der Waals surface area contributed by atoms with Gasteiger partial charge in [-0.1, -0.05) is 0 Å². The summed E-state index contributed by atoms with van der Waals surface area (Å²) in [5.74, 6) is -0.236. The summed E-state index contributed by atoms with van der Waals surface area (Å²) in [7, 11) is 1.66. The van der Waals surface area contributed by atoms with Crippen LogP contribution >= 0.6 is 15.9 Å². The van der Waals surface area contributed by atoms with Crippen LogP contribution in [0.5, 0.6) is 0 Å². The van der Waals surface area contributed by atoms with Crippen molar-refractivity contribution in [2.75, 3.05) is 13.7 Å². The number of hydrogen-bond acceptors (Lipinski definition) is 1. The van der Waals surface area contributed by atoms with E-state index in [0.717, 1.165) is 17.4 Å². The lowest BCUT2D eigenvalue weighted by Crippen LogP contribution is -2.02. The van der Waals surface area contributed by atoms with Crippen LogP contribution in [0.4, 0.5) is 4.39 Å². The fourth-order valence-electron chi connectivity index (χ4n) is 1.57. The van der Waals surface area contributed by atoms with Gasteiger partial charge in [0.15, 0.2) is 0 Å². The van der Waals surface area contributed by atoms with Crippen LogP contribution in [0.3, 0.4) is 0 Å². The van der Waals surface area contributed by atoms with E-state index in [2.05, 4.69) is 15.9 Å². The minimum Gasteiger partial charge on any atom is -0.383 e. The van der Waals surface area contributed by atoms with E-state index in [0.29, 0.717) is 11.1 Å². The third-order valence-electron chi connectivity index (χ3n) is 2.35. The summed E-state index contributed by atoms with van der Waals surface area (Å²) in [6, 6.07) is 5.29. The molecule has 2 aromatic rings. The van der Waals surface area contributed by atoms with Gasteiger partial charge in [0, 0.05) is 25.2 Å². The maximum atomic E-state index is 13.3. The summed E-state index contributed by atoms with van der Waals surface area (Å²) < 4.78 is 20.8. The van der Waals surface area contributed by atoms with E-state index in [1.807, 2.05) is 16.8 Å². The zero-order valence-corrected chi connectivity index (χ0v) is 9.92. The van der Waals surface area contributed by atoms with Crippen LogP contribution in [0.25, 0.3) is 10.9 Å². The van der Waals surface area contributed by atoms with Gasteiger partial charge in [-0.25, -0.2) is 4.39 Å². The molecule has 0 bridgehead atoms. The average molecular weight is 272 g/mol. The summed E-state index contributed by atoms with van der Waals surface area (Å²) in [5.41, 5.74) is 0.896. The Morgan fingerprint density at radius 3 is 3.00 bits per heavy atom. The average Bonchev–Trinajstić information content (AvgIpc) is 2.59. The molecule has 0 saturated heterocycles. The molecule has 1 aromatic heterocycles. The first kappa shape index (κ1) is 10.6. The molecular formula is C11H11BrFNO. The highest BCUT2D eigenvalue weighted by molar-refractivity contribution is 9.10. The number of aromatic nitrogens is 1. The van der Waals surface area contributed by atoms with Crippen molar-refractivity contribution in [3.05, 3.63) is 34.7 Å². The van der Waals surface area contributed by atoms with Gasteiger partial charge < -0.3 is 9.30 Å². The van der Waals surface area contributed by atoms with Crippen LogP contribution in [0, 0.1) is 5.82 Å². The maximum Gasteiger partial charge on any atom is 0.139 e. The fourth-order valence-corrected chi connectivity index (χ4v) is 1.93. The van der Waals surface area contributed by atoms with Crippen molar-refractivity contribution in [1.29, 1.82) is 0 Å². The molecule has 1 heterocycles. The molecule has 0 fully saturated rings. The summed E-state index contributed by atoms with van der Waals surface area (Å²) in [6.45, 7) is 1.36. The second-order valence-electron chi connectivity index (χ2n) is 3.33. The van der Waals surface area contributed by atoms with Crippen molar-refractivity contribution in [3.63, 3.8) is 0 Å². The van der Waals surface area contributed by atoms with E-state index in [1.165, 1.54) is 6.07 Å². The van der Waals surface area contributed by atoms with Gasteiger partial charge in [-0.3, -0.25) is 0 Å². The third-order valence-corrected chi connectivity index (χ3v) is 2.96. The van der Waals surface area contributed by atoms with Gasteiger partial charge >= 0.3 is 0 Å². The van der Waals surface area contributed by atoms with E-state index >= 15 is 0 Å². The van der Waals surface area contributed by atoms with Crippen LogP contribution in [-0.2, 0) is 11.3 Å². The number of ether oxygens (including phenoxy) is 1. The van der Waals surface area contributed by atoms with E-state index in [9.17, 15) is 4.39 Å². The van der Waals surface area contributed by atoms with E-state index < -0.39 is 0 Å². The smallest absolute Gasteiger partial charge is 0.139 e. The van der Waals surface area contributed by atoms with Gasteiger partial charge in [0.2, 0.25) is 0 Å². The first-order valence-electron chi connectivity index (χ1n) is 4.65. The standard InChI is InChI=1S/C11H11BrFNO/c1-15-5-4-14-3-2-8-6-9(12)10(13)7-11(8)14/h2-3,6-7H,4-5H2,1H3. The predicted octanol–water partition coefficient (Wildman–Crippen LogP) is 3.19. The lowest BCUT2D eigenvalue weighted by atomic mass is 10.2. The Bertz CT molecular complexity index is 481. The molecule has 4 heteroatoms. The van der Waals surface area contributed by atoms with Gasteiger partial charge in [-0.05, 0) is 34.1 Å². The van der Waals surface area contributed by atoms with Crippen LogP contribution in [0.15, 0.2) is 28.9 Å². The summed E-state index contributed by atoms with van der Waals surface area (Å²) in [5, 5.41) is 1.03. The van der Waals surface area contributed by atoms with Gasteiger partial charge in [0.25, 0.3) is 0 Å². The van der Waals surface area contributed by atoms with Crippen LogP contribution < -0.4 is 0 Å². The van der Waals surface area contributed by atoms with Crippen LogP contribution in [0.2, 0.25) is 0 Å². The zero-order chi connectivity index (χ0) is 10.8. The predicted molar refractivity (Wildman–Crippen MR) is 61.5 cm³/mol. The summed E-state index contributed by atoms with van der Waals surface area (Å²) in [4.78, 5) is 0. The van der Waals surface area contributed by atoms with Crippen molar-refractivity contribution in [2.24, 2.45) is 0 Å². The van der Waals surface area contributed by atoms with Crippen LogP contribution in [0.1, 0.15) is 0 Å². The van der Waals surface area contributed by atoms with Crippen molar-refractivity contribution in [1.82, 2.24) is 4.57 Å². The van der Waals surface area contributed by atoms with Gasteiger partial charge in [0.05, 0.1) is 16.6 Å². The second-order valence-corrected chi connectivity index (χ2v) is 4.18. The minimum absolute atomic E-state index is 0.236. The minimum atomic E-state index is -0.236. The number of fused-ring (bicyclic) bond motifs is 1. The highest BCUT2D eigenvalue weighted by atomic mass is 79.9. The maximum absolute atomic E-state index is 13.3. The number of benzene rings is 1. The molecule has 0 unspecified atom stereocenters. The zero-order valence-electron chi connectivity index (χ0n) is 8.34.